The monoisotopic (exact) mass is 320 g/mol. The largest absolute Gasteiger partial charge is 0.461 e. The van der Waals surface area contributed by atoms with Crippen molar-refractivity contribution in [1.29, 1.82) is 0 Å². The van der Waals surface area contributed by atoms with E-state index in [9.17, 15) is 4.79 Å². The molecule has 0 radical (unpaired) electrons. The summed E-state index contributed by atoms with van der Waals surface area (Å²) < 4.78 is 10.2. The second-order valence-electron chi connectivity index (χ2n) is 6.04. The SMILES string of the molecule is CCCCCCCCCCCCC(C)OC(=O)C1CO1.O.O. The van der Waals surface area contributed by atoms with E-state index >= 15 is 0 Å². The summed E-state index contributed by atoms with van der Waals surface area (Å²) in [5.41, 5.74) is 0. The van der Waals surface area contributed by atoms with Gasteiger partial charge < -0.3 is 20.4 Å². The standard InChI is InChI=1S/C17H32O3.2H2O/c1-3-4-5-6-7-8-9-10-11-12-13-15(2)20-17(18)16-14-19-16;;/h15-16H,3-14H2,1-2H3;2*1H2. The van der Waals surface area contributed by atoms with Crippen LogP contribution >= 0.6 is 0 Å². The van der Waals surface area contributed by atoms with Gasteiger partial charge in [0.1, 0.15) is 0 Å². The first-order valence-corrected chi connectivity index (χ1v) is 8.56. The normalized spacial score (nSPS) is 17.1. The topological polar surface area (TPSA) is 102 Å². The highest BCUT2D eigenvalue weighted by Crippen LogP contribution is 2.15. The molecule has 1 saturated heterocycles. The highest BCUT2D eigenvalue weighted by atomic mass is 16.6. The van der Waals surface area contributed by atoms with Gasteiger partial charge in [-0.05, 0) is 19.8 Å². The predicted molar refractivity (Wildman–Crippen MR) is 89.0 cm³/mol. The fourth-order valence-corrected chi connectivity index (χ4v) is 2.44. The van der Waals surface area contributed by atoms with Gasteiger partial charge in [-0.3, -0.25) is 0 Å². The van der Waals surface area contributed by atoms with Crippen LogP contribution in [-0.4, -0.2) is 35.7 Å². The van der Waals surface area contributed by atoms with Gasteiger partial charge in [0, 0.05) is 0 Å². The fraction of sp³-hybridized carbons (Fsp3) is 0.941. The Morgan fingerprint density at radius 3 is 1.91 bits per heavy atom. The Morgan fingerprint density at radius 2 is 1.45 bits per heavy atom. The van der Waals surface area contributed by atoms with E-state index in [0.717, 1.165) is 12.8 Å². The van der Waals surface area contributed by atoms with Crippen LogP contribution in [0.15, 0.2) is 0 Å². The average molecular weight is 320 g/mol. The maximum Gasteiger partial charge on any atom is 0.337 e. The molecule has 1 fully saturated rings. The van der Waals surface area contributed by atoms with Gasteiger partial charge in [0.25, 0.3) is 0 Å². The lowest BCUT2D eigenvalue weighted by Gasteiger charge is -2.12. The van der Waals surface area contributed by atoms with Crippen molar-refractivity contribution in [1.82, 2.24) is 0 Å². The van der Waals surface area contributed by atoms with Gasteiger partial charge in [0.2, 0.25) is 0 Å². The second kappa shape index (κ2) is 15.3. The summed E-state index contributed by atoms with van der Waals surface area (Å²) in [7, 11) is 0. The van der Waals surface area contributed by atoms with Gasteiger partial charge in [-0.1, -0.05) is 64.7 Å². The number of carbonyl (C=O) groups is 1. The van der Waals surface area contributed by atoms with Crippen molar-refractivity contribution in [2.75, 3.05) is 6.61 Å². The number of epoxide rings is 1. The molecule has 134 valence electrons. The van der Waals surface area contributed by atoms with Crippen LogP contribution in [0.25, 0.3) is 0 Å². The summed E-state index contributed by atoms with van der Waals surface area (Å²) in [6.07, 6.45) is 14.2. The average Bonchev–Trinajstić information content (AvgIpc) is 3.25. The van der Waals surface area contributed by atoms with Crippen molar-refractivity contribution in [3.8, 4) is 0 Å². The maximum absolute atomic E-state index is 11.4. The van der Waals surface area contributed by atoms with Crippen LogP contribution < -0.4 is 0 Å². The Hall–Kier alpha value is -0.650. The first-order chi connectivity index (χ1) is 9.74. The van der Waals surface area contributed by atoms with Gasteiger partial charge in [0.15, 0.2) is 6.10 Å². The first-order valence-electron chi connectivity index (χ1n) is 8.56. The minimum absolute atomic E-state index is 0. The van der Waals surface area contributed by atoms with E-state index in [2.05, 4.69) is 6.92 Å². The van der Waals surface area contributed by atoms with Crippen molar-refractivity contribution >= 4 is 5.97 Å². The Labute approximate surface area is 135 Å². The molecule has 2 atom stereocenters. The molecule has 22 heavy (non-hydrogen) atoms. The van der Waals surface area contributed by atoms with E-state index in [0.29, 0.717) is 6.61 Å². The predicted octanol–water partition coefficient (Wildman–Crippen LogP) is 2.98. The third-order valence-electron chi connectivity index (χ3n) is 3.88. The molecule has 5 nitrogen and oxygen atoms in total. The summed E-state index contributed by atoms with van der Waals surface area (Å²) >= 11 is 0. The molecule has 1 rings (SSSR count). The van der Waals surface area contributed by atoms with Crippen molar-refractivity contribution < 1.29 is 25.2 Å². The summed E-state index contributed by atoms with van der Waals surface area (Å²) in [6, 6.07) is 0. The molecule has 0 saturated carbocycles. The van der Waals surface area contributed by atoms with E-state index in [-0.39, 0.29) is 29.1 Å². The molecular weight excluding hydrogens is 284 g/mol. The van der Waals surface area contributed by atoms with Gasteiger partial charge in [-0.2, -0.15) is 0 Å². The van der Waals surface area contributed by atoms with Crippen LogP contribution in [-0.2, 0) is 14.3 Å². The quantitative estimate of drug-likeness (QED) is 0.296. The zero-order valence-electron chi connectivity index (χ0n) is 14.4. The van der Waals surface area contributed by atoms with Gasteiger partial charge in [0.05, 0.1) is 12.7 Å². The number of carbonyl (C=O) groups excluding carboxylic acids is 1. The van der Waals surface area contributed by atoms with E-state index in [1.165, 1.54) is 57.8 Å². The van der Waals surface area contributed by atoms with Crippen LogP contribution in [0.4, 0.5) is 0 Å². The highest BCUT2D eigenvalue weighted by Gasteiger charge is 2.33. The lowest BCUT2D eigenvalue weighted by molar-refractivity contribution is -0.150. The van der Waals surface area contributed by atoms with Crippen molar-refractivity contribution in [3.63, 3.8) is 0 Å². The zero-order valence-corrected chi connectivity index (χ0v) is 14.4. The Bertz CT molecular complexity index is 253. The smallest absolute Gasteiger partial charge is 0.337 e. The summed E-state index contributed by atoms with van der Waals surface area (Å²) in [5, 5.41) is 0. The van der Waals surface area contributed by atoms with E-state index in [4.69, 9.17) is 9.47 Å². The number of esters is 1. The lowest BCUT2D eigenvalue weighted by atomic mass is 10.0. The van der Waals surface area contributed by atoms with Gasteiger partial charge >= 0.3 is 5.97 Å². The van der Waals surface area contributed by atoms with Crippen LogP contribution in [0.2, 0.25) is 0 Å². The van der Waals surface area contributed by atoms with Crippen LogP contribution in [0.1, 0.15) is 84.5 Å². The molecule has 4 N–H and O–H groups in total. The number of unbranched alkanes of at least 4 members (excludes halogenated alkanes) is 9. The molecule has 0 spiro atoms. The molecule has 0 aromatic carbocycles. The van der Waals surface area contributed by atoms with Crippen molar-refractivity contribution in [2.45, 2.75) is 96.7 Å². The molecule has 5 heteroatoms. The molecule has 1 aliphatic rings. The summed E-state index contributed by atoms with van der Waals surface area (Å²) in [5.74, 6) is -0.176. The molecule has 1 aliphatic heterocycles. The van der Waals surface area contributed by atoms with E-state index < -0.39 is 0 Å². The molecule has 1 heterocycles. The molecule has 0 aromatic rings. The summed E-state index contributed by atoms with van der Waals surface area (Å²) in [4.78, 5) is 11.4. The minimum atomic E-state index is -0.259. The molecular formula is C17H36O5. The molecule has 0 aliphatic carbocycles. The second-order valence-corrected chi connectivity index (χ2v) is 6.04. The van der Waals surface area contributed by atoms with Gasteiger partial charge in [-0.25, -0.2) is 4.79 Å². The minimum Gasteiger partial charge on any atom is -0.461 e. The molecule has 2 unspecified atom stereocenters. The summed E-state index contributed by atoms with van der Waals surface area (Å²) in [6.45, 7) is 4.79. The van der Waals surface area contributed by atoms with Crippen LogP contribution in [0.3, 0.4) is 0 Å². The Balaban J connectivity index is 0. The van der Waals surface area contributed by atoms with Crippen molar-refractivity contribution in [2.24, 2.45) is 0 Å². The van der Waals surface area contributed by atoms with Crippen molar-refractivity contribution in [3.05, 3.63) is 0 Å². The highest BCUT2D eigenvalue weighted by molar-refractivity contribution is 5.77. The third-order valence-corrected chi connectivity index (χ3v) is 3.88. The van der Waals surface area contributed by atoms with Crippen LogP contribution in [0.5, 0.6) is 0 Å². The van der Waals surface area contributed by atoms with Gasteiger partial charge in [-0.15, -0.1) is 0 Å². The van der Waals surface area contributed by atoms with E-state index in [1.54, 1.807) is 0 Å². The number of ether oxygens (including phenoxy) is 2. The van der Waals surface area contributed by atoms with Crippen LogP contribution in [0, 0.1) is 0 Å². The Kier molecular flexibility index (Phi) is 16.4. The Morgan fingerprint density at radius 1 is 1.00 bits per heavy atom. The fourth-order valence-electron chi connectivity index (χ4n) is 2.44. The zero-order chi connectivity index (χ0) is 14.6. The lowest BCUT2D eigenvalue weighted by Crippen LogP contribution is -2.19. The maximum atomic E-state index is 11.4. The number of hydrogen-bond acceptors (Lipinski definition) is 3. The third kappa shape index (κ3) is 13.0. The van der Waals surface area contributed by atoms with E-state index in [1.807, 2.05) is 6.92 Å². The molecule has 0 bridgehead atoms. The number of rotatable bonds is 13. The number of hydrogen-bond donors (Lipinski definition) is 0. The molecule has 0 amide bonds. The molecule has 0 aromatic heterocycles. The first kappa shape index (κ1) is 23.6.